The van der Waals surface area contributed by atoms with Crippen molar-refractivity contribution in [1.29, 1.82) is 0 Å². The van der Waals surface area contributed by atoms with Crippen LogP contribution in [0.25, 0.3) is 0 Å². The largest absolute Gasteiger partial charge is 0.441 e. The van der Waals surface area contributed by atoms with Gasteiger partial charge in [-0.3, -0.25) is 10.1 Å². The normalized spacial score (nSPS) is 20.7. The van der Waals surface area contributed by atoms with Gasteiger partial charge >= 0.3 is 5.51 Å². The second-order valence-corrected chi connectivity index (χ2v) is 5.66. The zero-order chi connectivity index (χ0) is 13.2. The number of hydrogen-bond donors (Lipinski definition) is 1. The molecule has 1 atom stereocenters. The van der Waals surface area contributed by atoms with Crippen LogP contribution in [0.15, 0.2) is 16.8 Å². The highest BCUT2D eigenvalue weighted by atomic mass is 32.2. The van der Waals surface area contributed by atoms with E-state index in [0.29, 0.717) is 0 Å². The summed E-state index contributed by atoms with van der Waals surface area (Å²) >= 11 is 1.40. The smallest absolute Gasteiger partial charge is 0.321 e. The van der Waals surface area contributed by atoms with Crippen LogP contribution in [0.1, 0.15) is 11.7 Å². The number of thioether (sulfide) groups is 1. The maximum Gasteiger partial charge on any atom is 0.441 e. The molecule has 0 bridgehead atoms. The topological polar surface area (TPSA) is 32.3 Å². The van der Waals surface area contributed by atoms with Crippen molar-refractivity contribution in [3.8, 4) is 0 Å². The molecule has 2 rings (SSSR count). The summed E-state index contributed by atoms with van der Waals surface area (Å²) in [5.41, 5.74) is -3.32. The maximum absolute atomic E-state index is 12.0. The average molecular weight is 296 g/mol. The Bertz CT molecular complexity index is 408. The van der Waals surface area contributed by atoms with Gasteiger partial charge in [-0.25, -0.2) is 0 Å². The minimum absolute atomic E-state index is 0.0938. The summed E-state index contributed by atoms with van der Waals surface area (Å²) in [5, 5.41) is 6.77. The molecule has 1 saturated heterocycles. The van der Waals surface area contributed by atoms with Gasteiger partial charge in [0.2, 0.25) is 5.91 Å². The van der Waals surface area contributed by atoms with E-state index in [2.05, 4.69) is 5.32 Å². The lowest BCUT2D eigenvalue weighted by molar-refractivity contribution is -0.127. The van der Waals surface area contributed by atoms with E-state index in [-0.39, 0.29) is 42.7 Å². The molecular weight excluding hydrogens is 285 g/mol. The number of carbonyl (C=O) groups is 1. The Morgan fingerprint density at radius 3 is 2.94 bits per heavy atom. The van der Waals surface area contributed by atoms with Crippen molar-refractivity contribution in [2.75, 3.05) is 18.8 Å². The first-order chi connectivity index (χ1) is 8.47. The van der Waals surface area contributed by atoms with Crippen molar-refractivity contribution in [2.24, 2.45) is 0 Å². The molecule has 1 N–H and O–H groups in total. The molecule has 0 radical (unpaired) electrons. The molecule has 1 aliphatic heterocycles. The van der Waals surface area contributed by atoms with Crippen molar-refractivity contribution >= 4 is 29.0 Å². The van der Waals surface area contributed by atoms with Crippen molar-refractivity contribution in [3.63, 3.8) is 0 Å². The van der Waals surface area contributed by atoms with Gasteiger partial charge in [-0.05, 0) is 34.2 Å². The molecule has 1 aromatic rings. The molecule has 1 aliphatic rings. The molecule has 2 heterocycles. The predicted molar refractivity (Wildman–Crippen MR) is 65.3 cm³/mol. The summed E-state index contributed by atoms with van der Waals surface area (Å²) in [6.45, 7) is 0.272. The highest BCUT2D eigenvalue weighted by Gasteiger charge is 2.33. The fraction of sp³-hybridized carbons (Fsp3) is 0.500. The average Bonchev–Trinajstić information content (AvgIpc) is 2.87. The quantitative estimate of drug-likeness (QED) is 0.926. The summed E-state index contributed by atoms with van der Waals surface area (Å²) in [7, 11) is 0. The third kappa shape index (κ3) is 3.39. The standard InChI is InChI=1S/C10H11F3N2OS2/c11-10(12,13)18-4-2-15-8(16)5-14-9(15)7-1-3-17-6-7/h1,3,6,9,14H,2,4-5H2. The molecule has 18 heavy (non-hydrogen) atoms. The molecule has 0 aromatic carbocycles. The van der Waals surface area contributed by atoms with E-state index < -0.39 is 5.51 Å². The third-order valence-corrected chi connectivity index (χ3v) is 3.95. The van der Waals surface area contributed by atoms with Crippen molar-refractivity contribution in [3.05, 3.63) is 22.4 Å². The summed E-state index contributed by atoms with van der Waals surface area (Å²) in [5.74, 6) is -0.300. The second-order valence-electron chi connectivity index (χ2n) is 3.72. The Balaban J connectivity index is 1.94. The number of halogens is 3. The lowest BCUT2D eigenvalue weighted by Gasteiger charge is -2.23. The maximum atomic E-state index is 12.0. The SMILES string of the molecule is O=C1CNC(c2ccsc2)N1CCSC(F)(F)F. The minimum Gasteiger partial charge on any atom is -0.321 e. The molecule has 0 spiro atoms. The van der Waals surface area contributed by atoms with Gasteiger partial charge < -0.3 is 4.90 Å². The number of thiophene rings is 1. The van der Waals surface area contributed by atoms with E-state index in [1.807, 2.05) is 16.8 Å². The number of hydrogen-bond acceptors (Lipinski definition) is 4. The highest BCUT2D eigenvalue weighted by Crippen LogP contribution is 2.31. The Hall–Kier alpha value is -0.730. The molecule has 8 heteroatoms. The number of nitrogens with zero attached hydrogens (tertiary/aromatic N) is 1. The van der Waals surface area contributed by atoms with Crippen molar-refractivity contribution in [2.45, 2.75) is 11.7 Å². The fourth-order valence-electron chi connectivity index (χ4n) is 1.78. The monoisotopic (exact) mass is 296 g/mol. The first kappa shape index (κ1) is 13.7. The zero-order valence-electron chi connectivity index (χ0n) is 9.24. The summed E-state index contributed by atoms with van der Waals surface area (Å²) in [6.07, 6.45) is -0.294. The molecule has 100 valence electrons. The molecule has 0 aliphatic carbocycles. The van der Waals surface area contributed by atoms with Gasteiger partial charge in [0.15, 0.2) is 0 Å². The molecule has 1 unspecified atom stereocenters. The Morgan fingerprint density at radius 2 is 2.33 bits per heavy atom. The van der Waals surface area contributed by atoms with E-state index in [9.17, 15) is 18.0 Å². The van der Waals surface area contributed by atoms with Gasteiger partial charge in [-0.1, -0.05) is 0 Å². The third-order valence-electron chi connectivity index (χ3n) is 2.54. The van der Waals surface area contributed by atoms with Crippen molar-refractivity contribution < 1.29 is 18.0 Å². The van der Waals surface area contributed by atoms with E-state index >= 15 is 0 Å². The molecule has 1 fully saturated rings. The molecule has 1 aromatic heterocycles. The minimum atomic E-state index is -4.24. The second kappa shape index (κ2) is 5.50. The van der Waals surface area contributed by atoms with Crippen LogP contribution in [0, 0.1) is 0 Å². The Kier molecular flexibility index (Phi) is 4.18. The lowest BCUT2D eigenvalue weighted by Crippen LogP contribution is -2.32. The predicted octanol–water partition coefficient (Wildman–Crippen LogP) is 2.43. The van der Waals surface area contributed by atoms with Gasteiger partial charge in [0.05, 0.1) is 6.54 Å². The van der Waals surface area contributed by atoms with Crippen LogP contribution in [0.5, 0.6) is 0 Å². The van der Waals surface area contributed by atoms with Crippen molar-refractivity contribution in [1.82, 2.24) is 10.2 Å². The van der Waals surface area contributed by atoms with Crippen LogP contribution in [0.3, 0.4) is 0 Å². The zero-order valence-corrected chi connectivity index (χ0v) is 10.9. The summed E-state index contributed by atoms with van der Waals surface area (Å²) in [6, 6.07) is 1.87. The molecule has 0 saturated carbocycles. The number of carbonyl (C=O) groups excluding carboxylic acids is 1. The molecule has 3 nitrogen and oxygen atoms in total. The van der Waals surface area contributed by atoms with Gasteiger partial charge in [0, 0.05) is 12.3 Å². The highest BCUT2D eigenvalue weighted by molar-refractivity contribution is 8.00. The Labute approximate surface area is 110 Å². The van der Waals surface area contributed by atoms with E-state index in [1.165, 1.54) is 16.2 Å². The number of nitrogens with one attached hydrogen (secondary N) is 1. The molecule has 1 amide bonds. The fourth-order valence-corrected chi connectivity index (χ4v) is 2.98. The summed E-state index contributed by atoms with van der Waals surface area (Å²) < 4.78 is 36.1. The van der Waals surface area contributed by atoms with Gasteiger partial charge in [0.25, 0.3) is 0 Å². The number of amides is 1. The van der Waals surface area contributed by atoms with E-state index in [0.717, 1.165) is 5.56 Å². The lowest BCUT2D eigenvalue weighted by atomic mass is 10.2. The van der Waals surface area contributed by atoms with Gasteiger partial charge in [-0.15, -0.1) is 0 Å². The summed E-state index contributed by atoms with van der Waals surface area (Å²) in [4.78, 5) is 13.1. The van der Waals surface area contributed by atoms with E-state index in [1.54, 1.807) is 0 Å². The van der Waals surface area contributed by atoms with E-state index in [4.69, 9.17) is 0 Å². The first-order valence-corrected chi connectivity index (χ1v) is 7.16. The van der Waals surface area contributed by atoms with Gasteiger partial charge in [-0.2, -0.15) is 24.5 Å². The van der Waals surface area contributed by atoms with Gasteiger partial charge in [0.1, 0.15) is 6.17 Å². The van der Waals surface area contributed by atoms with Crippen LogP contribution in [-0.4, -0.2) is 35.2 Å². The Morgan fingerprint density at radius 1 is 1.56 bits per heavy atom. The van der Waals surface area contributed by atoms with Crippen LogP contribution < -0.4 is 5.32 Å². The van der Waals surface area contributed by atoms with Crippen LogP contribution in [0.2, 0.25) is 0 Å². The number of rotatable bonds is 4. The number of alkyl halides is 3. The van der Waals surface area contributed by atoms with Crippen LogP contribution >= 0.6 is 23.1 Å². The first-order valence-electron chi connectivity index (χ1n) is 5.23. The molecular formula is C10H11F3N2OS2. The van der Waals surface area contributed by atoms with Crippen LogP contribution in [0.4, 0.5) is 13.2 Å². The van der Waals surface area contributed by atoms with Crippen LogP contribution in [-0.2, 0) is 4.79 Å².